The lowest BCUT2D eigenvalue weighted by atomic mass is 10.2. The van der Waals surface area contributed by atoms with E-state index in [0.717, 1.165) is 48.1 Å². The Bertz CT molecular complexity index is 1690. The number of hydrogen-bond acceptors (Lipinski definition) is 7. The molecule has 4 aromatic rings. The first-order valence-corrected chi connectivity index (χ1v) is 14.5. The van der Waals surface area contributed by atoms with Crippen LogP contribution in [0.15, 0.2) is 30.3 Å². The molecule has 0 spiro atoms. The maximum atomic E-state index is 13.0. The molecule has 1 aliphatic heterocycles. The van der Waals surface area contributed by atoms with Gasteiger partial charge >= 0.3 is 5.97 Å². The predicted molar refractivity (Wildman–Crippen MR) is 145 cm³/mol. The normalized spacial score (nSPS) is 19.3. The molecule has 0 unspecified atom stereocenters. The molecule has 200 valence electrons. The Morgan fingerprint density at radius 2 is 1.89 bits per heavy atom. The van der Waals surface area contributed by atoms with Crippen molar-refractivity contribution in [2.24, 2.45) is 13.0 Å². The fourth-order valence-corrected chi connectivity index (χ4v) is 7.29. The summed E-state index contributed by atoms with van der Waals surface area (Å²) in [5.41, 5.74) is 3.37. The van der Waals surface area contributed by atoms with E-state index in [4.69, 9.17) is 19.4 Å². The molecule has 4 heterocycles. The predicted octanol–water partition coefficient (Wildman–Crippen LogP) is 4.11. The Hall–Kier alpha value is -3.60. The second kappa shape index (κ2) is 9.00. The van der Waals surface area contributed by atoms with E-state index in [9.17, 15) is 13.2 Å². The van der Waals surface area contributed by atoms with Crippen LogP contribution < -0.4 is 9.04 Å². The van der Waals surface area contributed by atoms with Crippen LogP contribution in [0.3, 0.4) is 0 Å². The van der Waals surface area contributed by atoms with Crippen molar-refractivity contribution in [2.45, 2.75) is 45.2 Å². The topological polar surface area (TPSA) is 109 Å². The van der Waals surface area contributed by atoms with Crippen LogP contribution in [0.4, 0.5) is 5.82 Å². The van der Waals surface area contributed by atoms with Gasteiger partial charge < -0.3 is 18.6 Å². The van der Waals surface area contributed by atoms with Gasteiger partial charge in [0.2, 0.25) is 10.0 Å². The number of imidazole rings is 1. The van der Waals surface area contributed by atoms with E-state index >= 15 is 0 Å². The summed E-state index contributed by atoms with van der Waals surface area (Å²) < 4.78 is 42.0. The van der Waals surface area contributed by atoms with E-state index in [1.807, 2.05) is 24.6 Å². The fraction of sp³-hybridized carbons (Fsp3) is 0.444. The Labute approximate surface area is 221 Å². The Balaban J connectivity index is 1.54. The highest BCUT2D eigenvalue weighted by Crippen LogP contribution is 2.38. The van der Waals surface area contributed by atoms with E-state index in [1.165, 1.54) is 11.4 Å². The van der Waals surface area contributed by atoms with Crippen molar-refractivity contribution in [1.82, 2.24) is 19.1 Å². The van der Waals surface area contributed by atoms with Crippen molar-refractivity contribution in [3.8, 4) is 17.3 Å². The van der Waals surface area contributed by atoms with E-state index in [2.05, 4.69) is 10.6 Å². The van der Waals surface area contributed by atoms with Crippen LogP contribution in [0.1, 0.15) is 43.0 Å². The van der Waals surface area contributed by atoms with E-state index < -0.39 is 16.0 Å². The van der Waals surface area contributed by atoms with Gasteiger partial charge in [-0.05, 0) is 68.9 Å². The summed E-state index contributed by atoms with van der Waals surface area (Å²) in [6.07, 6.45) is 3.77. The highest BCUT2D eigenvalue weighted by molar-refractivity contribution is 7.92. The van der Waals surface area contributed by atoms with Gasteiger partial charge in [-0.3, -0.25) is 4.31 Å². The number of aryl methyl sites for hydroxylation is 1. The molecule has 3 aromatic heterocycles. The van der Waals surface area contributed by atoms with Crippen molar-refractivity contribution in [3.05, 3.63) is 35.9 Å². The molecule has 1 aliphatic carbocycles. The summed E-state index contributed by atoms with van der Waals surface area (Å²) in [5.74, 6) is 1.92. The molecular formula is C27H31N5O5S. The highest BCUT2D eigenvalue weighted by Gasteiger charge is 2.33. The number of fused-ring (bicyclic) bond motifs is 2. The average molecular weight is 538 g/mol. The minimum absolute atomic E-state index is 0.138. The molecule has 6 rings (SSSR count). The van der Waals surface area contributed by atoms with Crippen LogP contribution in [0.2, 0.25) is 0 Å². The van der Waals surface area contributed by atoms with Gasteiger partial charge in [0.25, 0.3) is 0 Å². The third kappa shape index (κ3) is 4.00. The van der Waals surface area contributed by atoms with Crippen molar-refractivity contribution >= 4 is 43.9 Å². The lowest BCUT2D eigenvalue weighted by Crippen LogP contribution is -2.44. The molecule has 1 atom stereocenters. The van der Waals surface area contributed by atoms with E-state index in [-0.39, 0.29) is 11.8 Å². The molecule has 10 nitrogen and oxygen atoms in total. The van der Waals surface area contributed by atoms with Crippen LogP contribution in [0.5, 0.6) is 5.75 Å². The maximum Gasteiger partial charge on any atom is 0.338 e. The van der Waals surface area contributed by atoms with Crippen LogP contribution in [0.25, 0.3) is 33.6 Å². The lowest BCUT2D eigenvalue weighted by Gasteiger charge is -2.33. The van der Waals surface area contributed by atoms with Crippen LogP contribution in [-0.4, -0.2) is 59.5 Å². The first kappa shape index (κ1) is 24.7. The van der Waals surface area contributed by atoms with Crippen LogP contribution in [0, 0.1) is 5.92 Å². The quantitative estimate of drug-likeness (QED) is 0.341. The number of methoxy groups -OCH3 is 2. The number of benzene rings is 1. The molecule has 2 fully saturated rings. The third-order valence-corrected chi connectivity index (χ3v) is 9.57. The summed E-state index contributed by atoms with van der Waals surface area (Å²) in [6, 6.07) is 9.03. The summed E-state index contributed by atoms with van der Waals surface area (Å²) in [5, 5.41) is 0.917. The van der Waals surface area contributed by atoms with Gasteiger partial charge in [-0.1, -0.05) is 0 Å². The number of esters is 1. The second-order valence-electron chi connectivity index (χ2n) is 10.3. The largest absolute Gasteiger partial charge is 0.494 e. The van der Waals surface area contributed by atoms with Gasteiger partial charge in [-0.15, -0.1) is 0 Å². The van der Waals surface area contributed by atoms with Crippen molar-refractivity contribution in [1.29, 1.82) is 0 Å². The summed E-state index contributed by atoms with van der Waals surface area (Å²) in [6.45, 7) is 2.71. The summed E-state index contributed by atoms with van der Waals surface area (Å²) in [7, 11) is 1.41. The third-order valence-electron chi connectivity index (χ3n) is 7.62. The zero-order valence-electron chi connectivity index (χ0n) is 22.0. The second-order valence-corrected chi connectivity index (χ2v) is 12.3. The number of aromatic nitrogens is 4. The van der Waals surface area contributed by atoms with Gasteiger partial charge in [0, 0.05) is 25.0 Å². The minimum atomic E-state index is -3.42. The van der Waals surface area contributed by atoms with Crippen LogP contribution >= 0.6 is 0 Å². The number of ether oxygens (including phenoxy) is 2. The fourth-order valence-electron chi connectivity index (χ4n) is 5.52. The number of carbonyl (C=O) groups is 1. The summed E-state index contributed by atoms with van der Waals surface area (Å²) >= 11 is 0. The molecule has 11 heteroatoms. The Morgan fingerprint density at radius 1 is 1.11 bits per heavy atom. The molecule has 0 amide bonds. The first-order chi connectivity index (χ1) is 18.2. The molecule has 2 aliphatic rings. The standard InChI is InChI=1S/C27H31N5O5S/c1-16-6-5-11-38(34,35)32(16)23-10-9-18-13-21(31(25(18)29-23)15-17-7-8-17)26-28-20-12-19(27(33)37-4)14-22(36-3)24(20)30(26)2/h9-10,12-14,16-17H,5-8,11,15H2,1-4H3/t16-/m0/s1. The number of anilines is 1. The molecular weight excluding hydrogens is 506 g/mol. The zero-order chi connectivity index (χ0) is 26.8. The highest BCUT2D eigenvalue weighted by atomic mass is 32.2. The molecule has 1 saturated heterocycles. The molecule has 38 heavy (non-hydrogen) atoms. The number of sulfonamides is 1. The van der Waals surface area contributed by atoms with E-state index in [0.29, 0.717) is 40.8 Å². The maximum absolute atomic E-state index is 13.0. The lowest BCUT2D eigenvalue weighted by molar-refractivity contribution is 0.0600. The number of rotatable bonds is 6. The number of nitrogens with zero attached hydrogens (tertiary/aromatic N) is 5. The van der Waals surface area contributed by atoms with Gasteiger partial charge in [-0.2, -0.15) is 0 Å². The monoisotopic (exact) mass is 537 g/mol. The van der Waals surface area contributed by atoms with Crippen LogP contribution in [-0.2, 0) is 28.4 Å². The Kier molecular flexibility index (Phi) is 5.86. The molecule has 1 saturated carbocycles. The SMILES string of the molecule is COC(=O)c1cc(OC)c2c(c1)nc(-c1cc3ccc(N4[C@@H](C)CCCS4(=O)=O)nc3n1CC1CC1)n2C. The van der Waals surface area contributed by atoms with Crippen molar-refractivity contribution in [2.75, 3.05) is 24.3 Å². The molecule has 0 radical (unpaired) electrons. The first-order valence-electron chi connectivity index (χ1n) is 12.9. The number of hydrogen-bond donors (Lipinski definition) is 0. The average Bonchev–Trinajstić information content (AvgIpc) is 3.56. The Morgan fingerprint density at radius 3 is 2.58 bits per heavy atom. The van der Waals surface area contributed by atoms with Crippen molar-refractivity contribution < 1.29 is 22.7 Å². The molecule has 0 N–H and O–H groups in total. The van der Waals surface area contributed by atoms with Gasteiger partial charge in [0.15, 0.2) is 5.82 Å². The number of pyridine rings is 1. The van der Waals surface area contributed by atoms with Gasteiger partial charge in [-0.25, -0.2) is 23.2 Å². The van der Waals surface area contributed by atoms with Gasteiger partial charge in [0.05, 0.1) is 36.7 Å². The molecule has 0 bridgehead atoms. The number of carbonyl (C=O) groups excluding carboxylic acids is 1. The minimum Gasteiger partial charge on any atom is -0.494 e. The zero-order valence-corrected chi connectivity index (χ0v) is 22.8. The van der Waals surface area contributed by atoms with Gasteiger partial charge in [0.1, 0.15) is 22.7 Å². The smallest absolute Gasteiger partial charge is 0.338 e. The van der Waals surface area contributed by atoms with Crippen molar-refractivity contribution in [3.63, 3.8) is 0 Å². The molecule has 1 aromatic carbocycles. The summed E-state index contributed by atoms with van der Waals surface area (Å²) in [4.78, 5) is 22.1. The van der Waals surface area contributed by atoms with E-state index in [1.54, 1.807) is 25.3 Å².